The van der Waals surface area contributed by atoms with Crippen LogP contribution in [0.5, 0.6) is 0 Å². The number of fused-ring (bicyclic) bond motifs is 2. The summed E-state index contributed by atoms with van der Waals surface area (Å²) in [4.78, 5) is 41.5. The molecule has 0 bridgehead atoms. The first-order valence-electron chi connectivity index (χ1n) is 17.4. The lowest BCUT2D eigenvalue weighted by Gasteiger charge is -2.53. The number of nitrogens with zero attached hydrogens (tertiary/aromatic N) is 7. The average Bonchev–Trinajstić information content (AvgIpc) is 3.80. The molecule has 1 unspecified atom stereocenters. The van der Waals surface area contributed by atoms with Gasteiger partial charge in [-0.05, 0) is 22.2 Å². The number of carbonyl (C=O) groups excluding carboxylic acids is 2. The predicted molar refractivity (Wildman–Crippen MR) is 197 cm³/mol. The van der Waals surface area contributed by atoms with Crippen LogP contribution in [-0.4, -0.2) is 81.2 Å². The molecule has 0 aliphatic carbocycles. The second kappa shape index (κ2) is 16.9. The van der Waals surface area contributed by atoms with Crippen molar-refractivity contribution in [3.63, 3.8) is 0 Å². The van der Waals surface area contributed by atoms with Gasteiger partial charge in [0, 0.05) is 11.8 Å². The Hall–Kier alpha value is -5.45. The van der Waals surface area contributed by atoms with E-state index in [1.807, 2.05) is 91.0 Å². The number of ether oxygens (including phenoxy) is 6. The first-order chi connectivity index (χ1) is 26.8. The Kier molecular flexibility index (Phi) is 11.6. The first-order valence-corrected chi connectivity index (χ1v) is 17.8. The van der Waals surface area contributed by atoms with Crippen LogP contribution in [0.4, 0.5) is 5.95 Å². The Morgan fingerprint density at radius 1 is 0.982 bits per heavy atom. The van der Waals surface area contributed by atoms with Crippen molar-refractivity contribution in [3.05, 3.63) is 130 Å². The summed E-state index contributed by atoms with van der Waals surface area (Å²) >= 11 is 6.76. The van der Waals surface area contributed by atoms with Crippen molar-refractivity contribution in [1.29, 1.82) is 0 Å². The van der Waals surface area contributed by atoms with Crippen molar-refractivity contribution in [3.8, 4) is 0 Å². The van der Waals surface area contributed by atoms with Crippen LogP contribution in [-0.2, 0) is 57.8 Å². The third-order valence-corrected chi connectivity index (χ3v) is 9.71. The standard InChI is InChI=1S/C38H37ClN8O8/c1-23(48)42-37-43-33(39)29-34(44-37)41-22-47(29)35-32-38(54-20-26-16-10-5-11-17-26,27(21-53-32)51-18-24-12-6-3-7-13-24)31(52-19-25-14-8-4-9-15-25)30(55-35)28(45-46-40)36(49)50-2/h3-17,22,27-28,30-32,35H,18-21H2,1-2H3,(H,42,43,44,48)/t27-,28?,30-,31+,32-,35+,38-/m0/s1. The fourth-order valence-electron chi connectivity index (χ4n) is 7.00. The molecule has 3 aromatic carbocycles. The predicted octanol–water partition coefficient (Wildman–Crippen LogP) is 5.71. The van der Waals surface area contributed by atoms with Gasteiger partial charge in [0.05, 0.1) is 39.9 Å². The zero-order chi connectivity index (χ0) is 38.4. The summed E-state index contributed by atoms with van der Waals surface area (Å²) in [5.41, 5.74) is 11.1. The normalized spacial score (nSPS) is 23.7. The zero-order valence-electron chi connectivity index (χ0n) is 29.8. The Labute approximate surface area is 320 Å². The maximum atomic E-state index is 13.6. The van der Waals surface area contributed by atoms with Crippen LogP contribution in [0, 0.1) is 0 Å². The molecule has 2 fully saturated rings. The number of azide groups is 1. The monoisotopic (exact) mass is 768 g/mol. The number of anilines is 1. The number of carbonyl (C=O) groups is 2. The number of methoxy groups -OCH3 is 1. The van der Waals surface area contributed by atoms with E-state index in [-0.39, 0.29) is 48.7 Å². The van der Waals surface area contributed by atoms with Crippen LogP contribution >= 0.6 is 11.6 Å². The van der Waals surface area contributed by atoms with E-state index in [2.05, 4.69) is 30.3 Å². The molecular formula is C38H37ClN8O8. The Morgan fingerprint density at radius 2 is 1.60 bits per heavy atom. The topological polar surface area (TPSA) is 194 Å². The highest BCUT2D eigenvalue weighted by Crippen LogP contribution is 2.50. The van der Waals surface area contributed by atoms with Gasteiger partial charge in [-0.1, -0.05) is 108 Å². The maximum Gasteiger partial charge on any atom is 0.317 e. The summed E-state index contributed by atoms with van der Waals surface area (Å²) in [6.45, 7) is 1.62. The van der Waals surface area contributed by atoms with E-state index in [1.54, 1.807) is 4.57 Å². The Morgan fingerprint density at radius 3 is 2.20 bits per heavy atom. The minimum absolute atomic E-state index is 0.0119. The van der Waals surface area contributed by atoms with Gasteiger partial charge in [0.1, 0.15) is 29.9 Å². The van der Waals surface area contributed by atoms with Gasteiger partial charge in [-0.3, -0.25) is 19.5 Å². The number of nitrogens with one attached hydrogen (secondary N) is 1. The minimum Gasteiger partial charge on any atom is -0.469 e. The smallest absolute Gasteiger partial charge is 0.317 e. The molecule has 0 saturated carbocycles. The second-order valence-electron chi connectivity index (χ2n) is 12.9. The van der Waals surface area contributed by atoms with Crippen molar-refractivity contribution < 1.29 is 38.0 Å². The number of hydrogen-bond acceptors (Lipinski definition) is 12. The van der Waals surface area contributed by atoms with Crippen molar-refractivity contribution >= 4 is 40.6 Å². The molecule has 2 aliphatic rings. The summed E-state index contributed by atoms with van der Waals surface area (Å²) in [7, 11) is 1.18. The van der Waals surface area contributed by atoms with E-state index in [1.165, 1.54) is 20.4 Å². The molecule has 7 atom stereocenters. The lowest BCUT2D eigenvalue weighted by Crippen LogP contribution is -2.71. The molecule has 0 radical (unpaired) electrons. The van der Waals surface area contributed by atoms with Gasteiger partial charge in [0.15, 0.2) is 28.7 Å². The van der Waals surface area contributed by atoms with E-state index in [9.17, 15) is 15.1 Å². The fraction of sp³-hybridized carbons (Fsp3) is 0.342. The minimum atomic E-state index is -1.57. The third kappa shape index (κ3) is 7.88. The number of rotatable bonds is 14. The molecule has 4 heterocycles. The molecule has 2 aliphatic heterocycles. The lowest BCUT2D eigenvalue weighted by molar-refractivity contribution is -0.316. The SMILES string of the molecule is COC(=O)C(N=[N+]=[N-])[C@@H]1O[C@@H](n2cnc3nc(NC(C)=O)nc(Cl)c32)[C@@H]2OC[C@H](OCc3ccccc3)[C@]2(OCc2ccccc2)[C@@H]1OCc1ccccc1. The van der Waals surface area contributed by atoms with Crippen LogP contribution < -0.4 is 5.32 Å². The van der Waals surface area contributed by atoms with E-state index in [0.29, 0.717) is 0 Å². The molecule has 1 N–H and O–H groups in total. The van der Waals surface area contributed by atoms with Crippen molar-refractivity contribution in [2.75, 3.05) is 19.0 Å². The quantitative estimate of drug-likeness (QED) is 0.0478. The number of aromatic nitrogens is 4. The molecule has 2 saturated heterocycles. The summed E-state index contributed by atoms with van der Waals surface area (Å²) in [6, 6.07) is 27.0. The van der Waals surface area contributed by atoms with Crippen molar-refractivity contribution in [2.45, 2.75) is 69.0 Å². The number of esters is 1. The van der Waals surface area contributed by atoms with Crippen molar-refractivity contribution in [1.82, 2.24) is 19.5 Å². The number of amides is 1. The number of hydrogen-bond donors (Lipinski definition) is 1. The Bertz CT molecular complexity index is 2160. The molecule has 0 spiro atoms. The average molecular weight is 769 g/mol. The zero-order valence-corrected chi connectivity index (χ0v) is 30.6. The highest BCUT2D eigenvalue weighted by atomic mass is 35.5. The number of halogens is 1. The van der Waals surface area contributed by atoms with Crippen LogP contribution in [0.1, 0.15) is 29.8 Å². The van der Waals surface area contributed by atoms with Gasteiger partial charge >= 0.3 is 5.97 Å². The van der Waals surface area contributed by atoms with Crippen molar-refractivity contribution in [2.24, 2.45) is 5.11 Å². The van der Waals surface area contributed by atoms with Crippen LogP contribution in [0.3, 0.4) is 0 Å². The highest BCUT2D eigenvalue weighted by Gasteiger charge is 2.69. The van der Waals surface area contributed by atoms with Gasteiger partial charge < -0.3 is 28.4 Å². The molecule has 7 rings (SSSR count). The van der Waals surface area contributed by atoms with Gasteiger partial charge in [-0.15, -0.1) is 0 Å². The van der Waals surface area contributed by atoms with Gasteiger partial charge in [0.25, 0.3) is 0 Å². The Balaban J connectivity index is 1.42. The van der Waals surface area contributed by atoms with E-state index >= 15 is 0 Å². The van der Waals surface area contributed by atoms with Crippen LogP contribution in [0.25, 0.3) is 21.6 Å². The van der Waals surface area contributed by atoms with Crippen LogP contribution in [0.15, 0.2) is 102 Å². The van der Waals surface area contributed by atoms with Gasteiger partial charge in [0.2, 0.25) is 11.9 Å². The molecule has 17 heteroatoms. The van der Waals surface area contributed by atoms with E-state index < -0.39 is 54.2 Å². The number of benzene rings is 3. The second-order valence-corrected chi connectivity index (χ2v) is 13.2. The molecule has 5 aromatic rings. The summed E-state index contributed by atoms with van der Waals surface area (Å²) < 4.78 is 40.8. The van der Waals surface area contributed by atoms with Gasteiger partial charge in [-0.2, -0.15) is 9.97 Å². The molecular weight excluding hydrogens is 732 g/mol. The van der Waals surface area contributed by atoms with Gasteiger partial charge in [-0.25, -0.2) is 4.98 Å². The molecule has 16 nitrogen and oxygen atoms in total. The third-order valence-electron chi connectivity index (χ3n) is 9.45. The largest absolute Gasteiger partial charge is 0.469 e. The summed E-state index contributed by atoms with van der Waals surface area (Å²) in [6.07, 6.45) is -4.15. The number of imidazole rings is 1. The molecule has 284 valence electrons. The van der Waals surface area contributed by atoms with E-state index in [0.717, 1.165) is 16.7 Å². The highest BCUT2D eigenvalue weighted by molar-refractivity contribution is 6.33. The molecule has 1 amide bonds. The summed E-state index contributed by atoms with van der Waals surface area (Å²) in [5.74, 6) is -1.32. The fourth-order valence-corrected chi connectivity index (χ4v) is 7.27. The van der Waals surface area contributed by atoms with E-state index in [4.69, 9.17) is 40.0 Å². The first kappa shape index (κ1) is 37.8. The maximum absolute atomic E-state index is 13.6. The summed E-state index contributed by atoms with van der Waals surface area (Å²) in [5, 5.41) is 6.35. The molecule has 55 heavy (non-hydrogen) atoms. The molecule has 2 aromatic heterocycles. The lowest BCUT2D eigenvalue weighted by atomic mass is 9.78. The van der Waals surface area contributed by atoms with Crippen LogP contribution in [0.2, 0.25) is 5.15 Å².